The van der Waals surface area contributed by atoms with Crippen LogP contribution in [-0.4, -0.2) is 30.3 Å². The monoisotopic (exact) mass is 458 g/mol. The quantitative estimate of drug-likeness (QED) is 0.502. The van der Waals surface area contributed by atoms with Crippen LogP contribution in [0.4, 0.5) is 11.4 Å². The first-order valence-corrected chi connectivity index (χ1v) is 12.4. The molecule has 0 atom stereocenters. The summed E-state index contributed by atoms with van der Waals surface area (Å²) in [5.41, 5.74) is 6.81. The van der Waals surface area contributed by atoms with Crippen molar-refractivity contribution < 1.29 is 13.2 Å². The van der Waals surface area contributed by atoms with E-state index >= 15 is 0 Å². The van der Waals surface area contributed by atoms with Gasteiger partial charge in [0.2, 0.25) is 5.91 Å². The largest absolute Gasteiger partial charge is 0.312 e. The van der Waals surface area contributed by atoms with Crippen molar-refractivity contribution in [1.82, 2.24) is 9.38 Å². The van der Waals surface area contributed by atoms with Crippen molar-refractivity contribution in [2.75, 3.05) is 16.2 Å². The molecule has 8 heteroatoms. The number of aryl methyl sites for hydroxylation is 2. The topological polar surface area (TPSA) is 83.8 Å². The molecule has 4 heterocycles. The molecule has 0 unspecified atom stereocenters. The normalized spacial score (nSPS) is 15.2. The first-order valence-electron chi connectivity index (χ1n) is 10.9. The second kappa shape index (κ2) is 7.18. The number of carbonyl (C=O) groups excluding carboxylic acids is 1. The van der Waals surface area contributed by atoms with Gasteiger partial charge in [-0.25, -0.2) is 13.4 Å². The highest BCUT2D eigenvalue weighted by Gasteiger charge is 2.33. The van der Waals surface area contributed by atoms with Gasteiger partial charge in [0.25, 0.3) is 10.0 Å². The number of pyridine rings is 1. The number of fused-ring (bicyclic) bond motifs is 1. The molecule has 2 aliphatic rings. The van der Waals surface area contributed by atoms with Crippen LogP contribution in [0.15, 0.2) is 65.8 Å². The minimum Gasteiger partial charge on any atom is -0.312 e. The number of imidazole rings is 1. The Kier molecular flexibility index (Phi) is 4.35. The first kappa shape index (κ1) is 20.0. The molecule has 1 amide bonds. The Bertz CT molecular complexity index is 1560. The standard InChI is InChI=1S/C25H22N4O3S/c1-16-7-9-28-15-22(26-23(28)11-16)17-3-2-4-20(12-17)27-33(31,32)21-13-18-5-6-24(30)29-10-8-19(14-21)25(18)29/h2-4,7,9,11-15,27H,5-6,8,10H2,1H3. The zero-order valence-electron chi connectivity index (χ0n) is 18.1. The zero-order valence-corrected chi connectivity index (χ0v) is 18.9. The van der Waals surface area contributed by atoms with E-state index in [1.807, 2.05) is 48.0 Å². The van der Waals surface area contributed by atoms with Crippen molar-refractivity contribution in [1.29, 1.82) is 0 Å². The molecule has 0 saturated heterocycles. The zero-order chi connectivity index (χ0) is 22.7. The minimum absolute atomic E-state index is 0.119. The SMILES string of the molecule is Cc1ccn2cc(-c3cccc(NS(=O)(=O)c4cc5c6c(c4)CCN6C(=O)CC5)c3)nc2c1. The lowest BCUT2D eigenvalue weighted by Gasteiger charge is -2.25. The van der Waals surface area contributed by atoms with Gasteiger partial charge < -0.3 is 9.30 Å². The summed E-state index contributed by atoms with van der Waals surface area (Å²) in [6, 6.07) is 14.7. The van der Waals surface area contributed by atoms with Gasteiger partial charge in [-0.05, 0) is 72.9 Å². The van der Waals surface area contributed by atoms with Gasteiger partial charge >= 0.3 is 0 Å². The number of rotatable bonds is 4. The second-order valence-corrected chi connectivity index (χ2v) is 10.3. The molecule has 4 aromatic rings. The fourth-order valence-corrected chi connectivity index (χ4v) is 5.91. The highest BCUT2D eigenvalue weighted by molar-refractivity contribution is 7.92. The van der Waals surface area contributed by atoms with Crippen LogP contribution < -0.4 is 9.62 Å². The fraction of sp³-hybridized carbons (Fsp3) is 0.200. The Labute approximate surface area is 191 Å². The van der Waals surface area contributed by atoms with Gasteiger partial charge in [0.05, 0.1) is 16.3 Å². The second-order valence-electron chi connectivity index (χ2n) is 8.67. The van der Waals surface area contributed by atoms with Crippen molar-refractivity contribution in [3.8, 4) is 11.3 Å². The van der Waals surface area contributed by atoms with Gasteiger partial charge in [0.1, 0.15) is 5.65 Å². The number of nitrogens with zero attached hydrogens (tertiary/aromatic N) is 3. The molecule has 2 aromatic heterocycles. The molecule has 2 aromatic carbocycles. The van der Waals surface area contributed by atoms with Crippen molar-refractivity contribution in [3.05, 3.63) is 77.6 Å². The lowest BCUT2D eigenvalue weighted by molar-refractivity contribution is -0.118. The summed E-state index contributed by atoms with van der Waals surface area (Å²) >= 11 is 0. The van der Waals surface area contributed by atoms with E-state index in [4.69, 9.17) is 0 Å². The number of anilines is 2. The average Bonchev–Trinajstić information content (AvgIpc) is 3.41. The molecule has 0 bridgehead atoms. The molecule has 0 fully saturated rings. The Morgan fingerprint density at radius 3 is 2.67 bits per heavy atom. The van der Waals surface area contributed by atoms with Crippen LogP contribution in [0, 0.1) is 6.92 Å². The molecule has 6 rings (SSSR count). The molecule has 0 aliphatic carbocycles. The summed E-state index contributed by atoms with van der Waals surface area (Å²) in [5.74, 6) is 0.119. The predicted octanol–water partition coefficient (Wildman–Crippen LogP) is 3.95. The Balaban J connectivity index is 1.33. The maximum absolute atomic E-state index is 13.2. The summed E-state index contributed by atoms with van der Waals surface area (Å²) in [6.07, 6.45) is 5.57. The molecular weight excluding hydrogens is 436 g/mol. The van der Waals surface area contributed by atoms with Gasteiger partial charge in [0, 0.05) is 36.6 Å². The molecule has 0 saturated carbocycles. The number of hydrogen-bond donors (Lipinski definition) is 1. The molecule has 33 heavy (non-hydrogen) atoms. The summed E-state index contributed by atoms with van der Waals surface area (Å²) in [5, 5.41) is 0. The minimum atomic E-state index is -3.78. The van der Waals surface area contributed by atoms with Gasteiger partial charge in [0.15, 0.2) is 0 Å². The number of amides is 1. The number of sulfonamides is 1. The predicted molar refractivity (Wildman–Crippen MR) is 127 cm³/mol. The number of aromatic nitrogens is 2. The van der Waals surface area contributed by atoms with E-state index < -0.39 is 10.0 Å². The van der Waals surface area contributed by atoms with Crippen LogP contribution in [0.1, 0.15) is 23.1 Å². The van der Waals surface area contributed by atoms with E-state index in [0.29, 0.717) is 31.5 Å². The highest BCUT2D eigenvalue weighted by Crippen LogP contribution is 2.38. The van der Waals surface area contributed by atoms with E-state index in [1.165, 1.54) is 0 Å². The third-order valence-corrected chi connectivity index (χ3v) is 7.72. The van der Waals surface area contributed by atoms with Gasteiger partial charge in [-0.3, -0.25) is 9.52 Å². The average molecular weight is 459 g/mol. The van der Waals surface area contributed by atoms with Crippen molar-refractivity contribution in [2.24, 2.45) is 0 Å². The van der Waals surface area contributed by atoms with E-state index in [2.05, 4.69) is 9.71 Å². The van der Waals surface area contributed by atoms with Crippen molar-refractivity contribution in [3.63, 3.8) is 0 Å². The van der Waals surface area contributed by atoms with E-state index in [1.54, 1.807) is 29.2 Å². The number of nitrogens with one attached hydrogen (secondary N) is 1. The van der Waals surface area contributed by atoms with Crippen LogP contribution in [-0.2, 0) is 27.7 Å². The molecule has 0 radical (unpaired) electrons. The molecule has 2 aliphatic heterocycles. The van der Waals surface area contributed by atoms with Crippen LogP contribution in [0.25, 0.3) is 16.9 Å². The molecule has 0 spiro atoms. The van der Waals surface area contributed by atoms with E-state index in [0.717, 1.165) is 39.3 Å². The highest BCUT2D eigenvalue weighted by atomic mass is 32.2. The lowest BCUT2D eigenvalue weighted by atomic mass is 10.00. The first-order chi connectivity index (χ1) is 15.9. The number of hydrogen-bond acceptors (Lipinski definition) is 4. The summed E-state index contributed by atoms with van der Waals surface area (Å²) in [7, 11) is -3.78. The summed E-state index contributed by atoms with van der Waals surface area (Å²) in [6.45, 7) is 2.64. The molecular formula is C25H22N4O3S. The van der Waals surface area contributed by atoms with Crippen LogP contribution in [0.3, 0.4) is 0 Å². The molecule has 1 N–H and O–H groups in total. The van der Waals surface area contributed by atoms with Gasteiger partial charge in [-0.15, -0.1) is 0 Å². The lowest BCUT2D eigenvalue weighted by Crippen LogP contribution is -2.33. The maximum Gasteiger partial charge on any atom is 0.261 e. The van der Waals surface area contributed by atoms with Gasteiger partial charge in [-0.1, -0.05) is 12.1 Å². The van der Waals surface area contributed by atoms with Crippen molar-refractivity contribution >= 4 is 33.0 Å². The van der Waals surface area contributed by atoms with Crippen LogP contribution >= 0.6 is 0 Å². The number of benzene rings is 2. The third kappa shape index (κ3) is 3.38. The summed E-state index contributed by atoms with van der Waals surface area (Å²) in [4.78, 5) is 18.9. The smallest absolute Gasteiger partial charge is 0.261 e. The number of carbonyl (C=O) groups is 1. The Morgan fingerprint density at radius 1 is 1.00 bits per heavy atom. The van der Waals surface area contributed by atoms with Crippen LogP contribution in [0.2, 0.25) is 0 Å². The Morgan fingerprint density at radius 2 is 1.82 bits per heavy atom. The van der Waals surface area contributed by atoms with E-state index in [-0.39, 0.29) is 10.8 Å². The van der Waals surface area contributed by atoms with Gasteiger partial charge in [-0.2, -0.15) is 0 Å². The van der Waals surface area contributed by atoms with Crippen molar-refractivity contribution in [2.45, 2.75) is 31.1 Å². The molecule has 166 valence electrons. The fourth-order valence-electron chi connectivity index (χ4n) is 4.76. The Hall–Kier alpha value is -3.65. The maximum atomic E-state index is 13.2. The van der Waals surface area contributed by atoms with Crippen LogP contribution in [0.5, 0.6) is 0 Å². The summed E-state index contributed by atoms with van der Waals surface area (Å²) < 4.78 is 31.2. The third-order valence-electron chi connectivity index (χ3n) is 6.36. The van der Waals surface area contributed by atoms with E-state index in [9.17, 15) is 13.2 Å². The molecule has 7 nitrogen and oxygen atoms in total.